The Morgan fingerprint density at radius 1 is 1.15 bits per heavy atom. The first-order valence-corrected chi connectivity index (χ1v) is 14.1. The van der Waals surface area contributed by atoms with Gasteiger partial charge in [-0.3, -0.25) is 0 Å². The Balaban J connectivity index is 1.34. The van der Waals surface area contributed by atoms with E-state index in [1.54, 1.807) is 11.2 Å². The number of aromatic nitrogens is 5. The molecule has 1 amide bonds. The van der Waals surface area contributed by atoms with Gasteiger partial charge in [-0.15, -0.1) is 5.10 Å². The highest BCUT2D eigenvalue weighted by molar-refractivity contribution is 5.78. The molecule has 1 fully saturated rings. The molecule has 1 atom stereocenters. The smallest absolute Gasteiger partial charge is 0.410 e. The number of nitrogens with zero attached hydrogens (tertiary/aromatic N) is 7. The van der Waals surface area contributed by atoms with E-state index in [9.17, 15) is 9.90 Å². The monoisotopic (exact) mass is 556 g/mol. The number of para-hydroxylation sites is 1. The normalized spacial score (nSPS) is 17.7. The van der Waals surface area contributed by atoms with Crippen molar-refractivity contribution < 1.29 is 14.6 Å². The fourth-order valence-electron chi connectivity index (χ4n) is 5.37. The standard InChI is InChI=1S/C30H36N8O3/c1-30(2,3)41-29(40)35-16-13-21(14-17-35)24-11-12-25-27(32-26-18-36(20-31-26)22-8-5-4-6-9-22)33-28(34-38(24)25)37-15-7-10-23(37)19-39/h4-6,8-9,11-13,18,20,23,39H,7,10,14-17,19H2,1-3H3,(H,32,33,34)/t23-/m0/s1. The molecule has 2 aliphatic rings. The summed E-state index contributed by atoms with van der Waals surface area (Å²) in [6.45, 7) is 7.49. The Labute approximate surface area is 239 Å². The van der Waals surface area contributed by atoms with Crippen molar-refractivity contribution in [2.45, 2.75) is 51.7 Å². The van der Waals surface area contributed by atoms with E-state index in [0.717, 1.165) is 41.9 Å². The summed E-state index contributed by atoms with van der Waals surface area (Å²) in [5.74, 6) is 1.85. The topological polar surface area (TPSA) is 113 Å². The van der Waals surface area contributed by atoms with Crippen LogP contribution in [0.2, 0.25) is 0 Å². The van der Waals surface area contributed by atoms with Crippen molar-refractivity contribution >= 4 is 34.8 Å². The highest BCUT2D eigenvalue weighted by Crippen LogP contribution is 2.31. The maximum absolute atomic E-state index is 12.6. The minimum atomic E-state index is -0.533. The molecule has 11 heteroatoms. The molecule has 0 bridgehead atoms. The Hall–Kier alpha value is -4.38. The van der Waals surface area contributed by atoms with Crippen molar-refractivity contribution in [2.75, 3.05) is 36.5 Å². The number of rotatable bonds is 6. The fraction of sp³-hybridized carbons (Fsp3) is 0.400. The first kappa shape index (κ1) is 26.8. The molecule has 1 aromatic carbocycles. The van der Waals surface area contributed by atoms with Crippen LogP contribution in [0.25, 0.3) is 16.8 Å². The van der Waals surface area contributed by atoms with Crippen molar-refractivity contribution in [1.29, 1.82) is 0 Å². The minimum absolute atomic E-state index is 0.0205. The average Bonchev–Trinajstić information content (AvgIpc) is 3.72. The lowest BCUT2D eigenvalue weighted by Gasteiger charge is -2.29. The highest BCUT2D eigenvalue weighted by atomic mass is 16.6. The summed E-state index contributed by atoms with van der Waals surface area (Å²) in [6.07, 6.45) is 8.01. The molecule has 0 saturated carbocycles. The first-order valence-electron chi connectivity index (χ1n) is 14.1. The van der Waals surface area contributed by atoms with Crippen LogP contribution in [0.5, 0.6) is 0 Å². The number of imidazole rings is 1. The van der Waals surface area contributed by atoms with E-state index in [1.165, 1.54) is 0 Å². The molecule has 0 unspecified atom stereocenters. The van der Waals surface area contributed by atoms with Crippen molar-refractivity contribution in [3.63, 3.8) is 0 Å². The number of benzene rings is 1. The molecule has 2 aliphatic heterocycles. The first-order chi connectivity index (χ1) is 19.8. The number of aliphatic hydroxyl groups is 1. The van der Waals surface area contributed by atoms with Crippen LogP contribution in [0.4, 0.5) is 22.4 Å². The van der Waals surface area contributed by atoms with Crippen LogP contribution in [-0.4, -0.2) is 78.1 Å². The molecule has 5 heterocycles. The summed E-state index contributed by atoms with van der Waals surface area (Å²) in [6, 6.07) is 14.0. The van der Waals surface area contributed by atoms with Gasteiger partial charge in [-0.2, -0.15) is 4.98 Å². The van der Waals surface area contributed by atoms with E-state index < -0.39 is 5.60 Å². The number of carbonyl (C=O) groups is 1. The van der Waals surface area contributed by atoms with Gasteiger partial charge in [-0.25, -0.2) is 14.3 Å². The highest BCUT2D eigenvalue weighted by Gasteiger charge is 2.29. The van der Waals surface area contributed by atoms with Gasteiger partial charge in [-0.05, 0) is 69.9 Å². The van der Waals surface area contributed by atoms with Gasteiger partial charge in [0.2, 0.25) is 5.95 Å². The molecule has 4 aromatic rings. The van der Waals surface area contributed by atoms with E-state index in [-0.39, 0.29) is 18.7 Å². The predicted molar refractivity (Wildman–Crippen MR) is 158 cm³/mol. The van der Waals surface area contributed by atoms with Crippen LogP contribution < -0.4 is 10.2 Å². The van der Waals surface area contributed by atoms with Gasteiger partial charge in [0.05, 0.1) is 24.5 Å². The van der Waals surface area contributed by atoms with E-state index in [4.69, 9.17) is 14.8 Å². The van der Waals surface area contributed by atoms with Crippen LogP contribution >= 0.6 is 0 Å². The lowest BCUT2D eigenvalue weighted by atomic mass is 10.1. The second-order valence-corrected chi connectivity index (χ2v) is 11.5. The summed E-state index contributed by atoms with van der Waals surface area (Å²) >= 11 is 0. The summed E-state index contributed by atoms with van der Waals surface area (Å²) in [4.78, 5) is 25.9. The van der Waals surface area contributed by atoms with Crippen LogP contribution in [0, 0.1) is 0 Å². The molecule has 41 heavy (non-hydrogen) atoms. The zero-order valence-corrected chi connectivity index (χ0v) is 23.7. The quantitative estimate of drug-likeness (QED) is 0.353. The number of hydrogen-bond acceptors (Lipinski definition) is 8. The van der Waals surface area contributed by atoms with Gasteiger partial charge in [-0.1, -0.05) is 24.3 Å². The van der Waals surface area contributed by atoms with E-state index in [0.29, 0.717) is 37.1 Å². The molecule has 3 aromatic heterocycles. The number of fused-ring (bicyclic) bond motifs is 1. The van der Waals surface area contributed by atoms with Crippen molar-refractivity contribution in [1.82, 2.24) is 29.0 Å². The van der Waals surface area contributed by atoms with Gasteiger partial charge >= 0.3 is 6.09 Å². The summed E-state index contributed by atoms with van der Waals surface area (Å²) in [5.41, 5.74) is 3.35. The second-order valence-electron chi connectivity index (χ2n) is 11.5. The molecular weight excluding hydrogens is 520 g/mol. The number of aliphatic hydroxyl groups excluding tert-OH is 1. The third kappa shape index (κ3) is 5.62. The van der Waals surface area contributed by atoms with Crippen LogP contribution in [0.15, 0.2) is 61.1 Å². The number of nitrogens with one attached hydrogen (secondary N) is 1. The Morgan fingerprint density at radius 2 is 1.98 bits per heavy atom. The number of anilines is 3. The third-order valence-corrected chi connectivity index (χ3v) is 7.42. The SMILES string of the molecule is CC(C)(C)OC(=O)N1CC=C(c2ccc3c(Nc4cn(-c5ccccc5)cn4)nc(N4CCC[C@H]4CO)nn23)CC1. The van der Waals surface area contributed by atoms with E-state index >= 15 is 0 Å². The summed E-state index contributed by atoms with van der Waals surface area (Å²) in [5, 5.41) is 18.4. The molecule has 6 rings (SSSR count). The van der Waals surface area contributed by atoms with Gasteiger partial charge in [0.15, 0.2) is 5.82 Å². The molecule has 0 radical (unpaired) electrons. The predicted octanol–water partition coefficient (Wildman–Crippen LogP) is 4.64. The van der Waals surface area contributed by atoms with Gasteiger partial charge in [0.1, 0.15) is 23.3 Å². The van der Waals surface area contributed by atoms with E-state index in [2.05, 4.69) is 21.3 Å². The van der Waals surface area contributed by atoms with Crippen molar-refractivity contribution in [3.05, 3.63) is 66.8 Å². The van der Waals surface area contributed by atoms with Gasteiger partial charge in [0, 0.05) is 25.3 Å². The van der Waals surface area contributed by atoms with Crippen LogP contribution in [0.3, 0.4) is 0 Å². The number of carbonyl (C=O) groups excluding carboxylic acids is 1. The van der Waals surface area contributed by atoms with Crippen LogP contribution in [0.1, 0.15) is 45.7 Å². The number of amides is 1. The summed E-state index contributed by atoms with van der Waals surface area (Å²) < 4.78 is 9.43. The fourth-order valence-corrected chi connectivity index (χ4v) is 5.37. The zero-order valence-electron chi connectivity index (χ0n) is 23.7. The Bertz CT molecular complexity index is 1570. The van der Waals surface area contributed by atoms with E-state index in [1.807, 2.05) is 78.5 Å². The maximum atomic E-state index is 12.6. The molecular formula is C30H36N8O3. The Kier molecular flexibility index (Phi) is 7.12. The average molecular weight is 557 g/mol. The van der Waals surface area contributed by atoms with Gasteiger partial charge in [0.25, 0.3) is 0 Å². The largest absolute Gasteiger partial charge is 0.444 e. The molecule has 214 valence electrons. The maximum Gasteiger partial charge on any atom is 0.410 e. The third-order valence-electron chi connectivity index (χ3n) is 7.42. The van der Waals surface area contributed by atoms with Crippen molar-refractivity contribution in [2.24, 2.45) is 0 Å². The second kappa shape index (κ2) is 10.9. The minimum Gasteiger partial charge on any atom is -0.444 e. The van der Waals surface area contributed by atoms with Gasteiger partial charge < -0.3 is 29.5 Å². The molecule has 11 nitrogen and oxygen atoms in total. The lowest BCUT2D eigenvalue weighted by molar-refractivity contribution is 0.0270. The molecule has 1 saturated heterocycles. The van der Waals surface area contributed by atoms with Crippen LogP contribution in [-0.2, 0) is 4.74 Å². The molecule has 2 N–H and O–H groups in total. The van der Waals surface area contributed by atoms with Crippen molar-refractivity contribution in [3.8, 4) is 5.69 Å². The summed E-state index contributed by atoms with van der Waals surface area (Å²) in [7, 11) is 0. The molecule has 0 aliphatic carbocycles. The number of ether oxygens (including phenoxy) is 1. The zero-order chi connectivity index (χ0) is 28.6. The molecule has 0 spiro atoms. The Morgan fingerprint density at radius 3 is 2.71 bits per heavy atom. The lowest BCUT2D eigenvalue weighted by Crippen LogP contribution is -2.39. The number of hydrogen-bond donors (Lipinski definition) is 2.